The average molecular weight is 499 g/mol. The van der Waals surface area contributed by atoms with E-state index in [1.807, 2.05) is 11.0 Å². The van der Waals surface area contributed by atoms with Crippen LogP contribution in [-0.4, -0.2) is 48.8 Å². The van der Waals surface area contributed by atoms with Gasteiger partial charge >= 0.3 is 6.18 Å². The summed E-state index contributed by atoms with van der Waals surface area (Å²) in [5.74, 6) is 1.62. The minimum atomic E-state index is -4.36. The number of alkyl halides is 3. The number of hydrogen-bond donors (Lipinski definition) is 1. The highest BCUT2D eigenvalue weighted by molar-refractivity contribution is 6.04. The number of halogens is 3. The van der Waals surface area contributed by atoms with Gasteiger partial charge in [-0.05, 0) is 48.4 Å². The second kappa shape index (κ2) is 10.1. The first kappa shape index (κ1) is 23.9. The Kier molecular flexibility index (Phi) is 6.69. The van der Waals surface area contributed by atoms with Gasteiger partial charge in [-0.3, -0.25) is 9.69 Å². The summed E-state index contributed by atoms with van der Waals surface area (Å²) in [6, 6.07) is 14.4. The second-order valence-electron chi connectivity index (χ2n) is 8.70. The minimum absolute atomic E-state index is 0.140. The smallest absolute Gasteiger partial charge is 0.416 e. The zero-order valence-corrected chi connectivity index (χ0v) is 19.4. The lowest BCUT2D eigenvalue weighted by Gasteiger charge is -2.24. The predicted molar refractivity (Wildman–Crippen MR) is 128 cm³/mol. The molecule has 0 bridgehead atoms. The summed E-state index contributed by atoms with van der Waals surface area (Å²) >= 11 is 0. The van der Waals surface area contributed by atoms with Gasteiger partial charge in [0.2, 0.25) is 6.79 Å². The number of fused-ring (bicyclic) bond motifs is 1. The third-order valence-electron chi connectivity index (χ3n) is 6.27. The molecular weight excluding hydrogens is 473 g/mol. The van der Waals surface area contributed by atoms with Gasteiger partial charge in [-0.25, -0.2) is 4.98 Å². The van der Waals surface area contributed by atoms with E-state index >= 15 is 0 Å². The number of anilines is 2. The highest BCUT2D eigenvalue weighted by atomic mass is 19.4. The normalized spacial score (nSPS) is 16.0. The molecule has 2 aliphatic heterocycles. The van der Waals surface area contributed by atoms with E-state index in [4.69, 9.17) is 9.47 Å². The van der Waals surface area contributed by atoms with Crippen LogP contribution in [0.5, 0.6) is 11.5 Å². The molecule has 2 aromatic carbocycles. The molecule has 1 fully saturated rings. The molecule has 1 aromatic heterocycles. The fraction of sp³-hybridized carbons (Fsp3) is 0.308. The lowest BCUT2D eigenvalue weighted by molar-refractivity contribution is -0.138. The topological polar surface area (TPSA) is 66.9 Å². The Bertz CT molecular complexity index is 1230. The summed E-state index contributed by atoms with van der Waals surface area (Å²) < 4.78 is 50.7. The number of pyridine rings is 1. The molecule has 188 valence electrons. The van der Waals surface area contributed by atoms with Crippen LogP contribution in [0.3, 0.4) is 0 Å². The first-order valence-electron chi connectivity index (χ1n) is 11.7. The second-order valence-corrected chi connectivity index (χ2v) is 8.70. The van der Waals surface area contributed by atoms with Crippen molar-refractivity contribution in [1.29, 1.82) is 0 Å². The molecule has 0 saturated carbocycles. The number of amides is 1. The van der Waals surface area contributed by atoms with Gasteiger partial charge in [0.1, 0.15) is 5.82 Å². The zero-order valence-electron chi connectivity index (χ0n) is 19.4. The largest absolute Gasteiger partial charge is 0.454 e. The fourth-order valence-corrected chi connectivity index (χ4v) is 4.42. The van der Waals surface area contributed by atoms with Crippen molar-refractivity contribution in [2.45, 2.75) is 19.1 Å². The van der Waals surface area contributed by atoms with Gasteiger partial charge in [0, 0.05) is 38.3 Å². The molecule has 3 heterocycles. The highest BCUT2D eigenvalue weighted by Crippen LogP contribution is 2.33. The Hall–Kier alpha value is -3.79. The summed E-state index contributed by atoms with van der Waals surface area (Å²) in [5.41, 5.74) is 0.718. The van der Waals surface area contributed by atoms with Crippen LogP contribution in [0.2, 0.25) is 0 Å². The number of nitrogens with one attached hydrogen (secondary N) is 1. The lowest BCUT2D eigenvalue weighted by atomic mass is 10.1. The summed E-state index contributed by atoms with van der Waals surface area (Å²) in [4.78, 5) is 21.3. The maximum Gasteiger partial charge on any atom is 0.416 e. The molecule has 0 aliphatic carbocycles. The molecule has 3 aromatic rings. The van der Waals surface area contributed by atoms with Gasteiger partial charge in [0.25, 0.3) is 5.91 Å². The Morgan fingerprint density at radius 1 is 0.972 bits per heavy atom. The summed E-state index contributed by atoms with van der Waals surface area (Å²) in [6.07, 6.45) is -1.96. The molecule has 0 radical (unpaired) electrons. The van der Waals surface area contributed by atoms with Crippen molar-refractivity contribution in [2.75, 3.05) is 43.2 Å². The van der Waals surface area contributed by atoms with Gasteiger partial charge < -0.3 is 19.7 Å². The molecule has 0 atom stereocenters. The fourth-order valence-electron chi connectivity index (χ4n) is 4.42. The number of ether oxygens (including phenoxy) is 2. The van der Waals surface area contributed by atoms with Gasteiger partial charge in [-0.2, -0.15) is 13.2 Å². The highest BCUT2D eigenvalue weighted by Gasteiger charge is 2.33. The van der Waals surface area contributed by atoms with Crippen molar-refractivity contribution in [3.63, 3.8) is 0 Å². The van der Waals surface area contributed by atoms with E-state index in [9.17, 15) is 18.0 Å². The molecule has 7 nitrogen and oxygen atoms in total. The molecule has 0 spiro atoms. The van der Waals surface area contributed by atoms with E-state index in [1.54, 1.807) is 42.6 Å². The molecule has 0 unspecified atom stereocenters. The quantitative estimate of drug-likeness (QED) is 0.546. The average Bonchev–Trinajstić information content (AvgIpc) is 3.22. The number of carbonyl (C=O) groups is 1. The number of nitrogens with zero attached hydrogens (tertiary/aromatic N) is 3. The van der Waals surface area contributed by atoms with Gasteiger partial charge in [0.15, 0.2) is 11.5 Å². The molecule has 10 heteroatoms. The molecule has 36 heavy (non-hydrogen) atoms. The zero-order chi connectivity index (χ0) is 25.1. The molecule has 2 aliphatic rings. The predicted octanol–water partition coefficient (Wildman–Crippen LogP) is 4.79. The Morgan fingerprint density at radius 3 is 2.61 bits per heavy atom. The van der Waals surface area contributed by atoms with E-state index in [0.717, 1.165) is 24.8 Å². The third kappa shape index (κ3) is 5.38. The van der Waals surface area contributed by atoms with Crippen molar-refractivity contribution in [3.05, 3.63) is 77.5 Å². The Balaban J connectivity index is 1.18. The number of aromatic nitrogens is 1. The monoisotopic (exact) mass is 498 g/mol. The van der Waals surface area contributed by atoms with Crippen LogP contribution in [0.15, 0.2) is 60.8 Å². The van der Waals surface area contributed by atoms with Crippen LogP contribution in [-0.2, 0) is 12.7 Å². The van der Waals surface area contributed by atoms with Crippen molar-refractivity contribution >= 4 is 17.4 Å². The van der Waals surface area contributed by atoms with Crippen molar-refractivity contribution < 1.29 is 27.4 Å². The summed E-state index contributed by atoms with van der Waals surface area (Å²) in [5, 5.41) is 2.83. The van der Waals surface area contributed by atoms with E-state index in [-0.39, 0.29) is 19.2 Å². The standard InChI is InChI=1S/C26H25F3N4O3/c27-26(28,29)21-5-2-1-4-19(21)16-32-10-3-11-33(13-12-32)24-9-7-20(15-30-24)31-25(34)18-6-8-22-23(14-18)36-17-35-22/h1-2,4-9,14-15H,3,10-13,16-17H2,(H,31,34). The minimum Gasteiger partial charge on any atom is -0.454 e. The van der Waals surface area contributed by atoms with Crippen LogP contribution in [0.25, 0.3) is 0 Å². The van der Waals surface area contributed by atoms with Crippen molar-refractivity contribution in [1.82, 2.24) is 9.88 Å². The first-order valence-corrected chi connectivity index (χ1v) is 11.7. The molecular formula is C26H25F3N4O3. The van der Waals surface area contributed by atoms with E-state index in [1.165, 1.54) is 6.07 Å². The van der Waals surface area contributed by atoms with E-state index in [0.29, 0.717) is 47.9 Å². The van der Waals surface area contributed by atoms with Gasteiger partial charge in [0.05, 0.1) is 17.4 Å². The first-order chi connectivity index (χ1) is 17.4. The van der Waals surface area contributed by atoms with Gasteiger partial charge in [-0.15, -0.1) is 0 Å². The molecule has 1 N–H and O–H groups in total. The lowest BCUT2D eigenvalue weighted by Crippen LogP contribution is -2.31. The molecule has 1 amide bonds. The summed E-state index contributed by atoms with van der Waals surface area (Å²) in [6.45, 7) is 3.10. The number of carbonyl (C=O) groups excluding carboxylic acids is 1. The van der Waals surface area contributed by atoms with Gasteiger partial charge in [-0.1, -0.05) is 18.2 Å². The maximum atomic E-state index is 13.4. The van der Waals surface area contributed by atoms with E-state index in [2.05, 4.69) is 15.2 Å². The maximum absolute atomic E-state index is 13.4. The Labute approximate surface area is 206 Å². The van der Waals surface area contributed by atoms with Crippen molar-refractivity contribution in [2.24, 2.45) is 0 Å². The van der Waals surface area contributed by atoms with Crippen LogP contribution in [0, 0.1) is 0 Å². The SMILES string of the molecule is O=C(Nc1ccc(N2CCCN(Cc3ccccc3C(F)(F)F)CC2)nc1)c1ccc2c(c1)OCO2. The van der Waals surface area contributed by atoms with E-state index < -0.39 is 11.7 Å². The Morgan fingerprint density at radius 2 is 1.81 bits per heavy atom. The molecule has 1 saturated heterocycles. The molecule has 5 rings (SSSR count). The van der Waals surface area contributed by atoms with Crippen LogP contribution >= 0.6 is 0 Å². The number of benzene rings is 2. The number of hydrogen-bond acceptors (Lipinski definition) is 6. The van der Waals surface area contributed by atoms with Crippen LogP contribution < -0.4 is 19.7 Å². The van der Waals surface area contributed by atoms with Crippen molar-refractivity contribution in [3.8, 4) is 11.5 Å². The van der Waals surface area contributed by atoms with Crippen LogP contribution in [0.4, 0.5) is 24.7 Å². The van der Waals surface area contributed by atoms with Crippen LogP contribution in [0.1, 0.15) is 27.9 Å². The third-order valence-corrected chi connectivity index (χ3v) is 6.27. The summed E-state index contributed by atoms with van der Waals surface area (Å²) in [7, 11) is 0. The number of rotatable bonds is 5.